The van der Waals surface area contributed by atoms with Crippen molar-refractivity contribution in [1.82, 2.24) is 9.80 Å². The summed E-state index contributed by atoms with van der Waals surface area (Å²) in [6.45, 7) is 3.67. The van der Waals surface area contributed by atoms with E-state index >= 15 is 0 Å². The summed E-state index contributed by atoms with van der Waals surface area (Å²) in [6, 6.07) is 10.1. The van der Waals surface area contributed by atoms with Gasteiger partial charge in [-0.1, -0.05) is 13.0 Å². The first kappa shape index (κ1) is 21.1. The number of carbonyl (C=O) groups excluding carboxylic acids is 2. The number of hydrogen-bond acceptors (Lipinski definition) is 6. The molecule has 1 aromatic heterocycles. The van der Waals surface area contributed by atoms with Crippen molar-refractivity contribution in [3.8, 4) is 5.75 Å². The molecule has 1 saturated heterocycles. The number of ether oxygens (including phenoxy) is 1. The van der Waals surface area contributed by atoms with E-state index in [0.717, 1.165) is 11.3 Å². The third-order valence-electron chi connectivity index (χ3n) is 4.74. The quantitative estimate of drug-likeness (QED) is 0.407. The van der Waals surface area contributed by atoms with E-state index in [9.17, 15) is 14.7 Å². The van der Waals surface area contributed by atoms with Crippen molar-refractivity contribution >= 4 is 28.8 Å². The standard InChI is InChI=1S/C22H26N2O4S/c1-4-13-28-16-9-7-15(8-10-16)20(25)18-19(17-6-5-14-29-17)24(12-11-23(2)3)22(27)21(18)26/h5-10,14,19,25H,4,11-13H2,1-3H3/b20-18-. The van der Waals surface area contributed by atoms with E-state index in [1.807, 2.05) is 43.4 Å². The van der Waals surface area contributed by atoms with Crippen LogP contribution < -0.4 is 4.74 Å². The minimum absolute atomic E-state index is 0.137. The van der Waals surface area contributed by atoms with Crippen molar-refractivity contribution in [1.29, 1.82) is 0 Å². The van der Waals surface area contributed by atoms with E-state index in [0.29, 0.717) is 31.0 Å². The molecule has 1 atom stereocenters. The smallest absolute Gasteiger partial charge is 0.295 e. The molecular weight excluding hydrogens is 388 g/mol. The van der Waals surface area contributed by atoms with Crippen LogP contribution in [-0.2, 0) is 9.59 Å². The van der Waals surface area contributed by atoms with Crippen molar-refractivity contribution in [2.45, 2.75) is 19.4 Å². The highest BCUT2D eigenvalue weighted by Gasteiger charge is 2.46. The molecule has 0 radical (unpaired) electrons. The lowest BCUT2D eigenvalue weighted by Gasteiger charge is -2.25. The van der Waals surface area contributed by atoms with Gasteiger partial charge in [-0.3, -0.25) is 9.59 Å². The summed E-state index contributed by atoms with van der Waals surface area (Å²) in [7, 11) is 3.83. The van der Waals surface area contributed by atoms with Crippen LogP contribution in [0.5, 0.6) is 5.75 Å². The van der Waals surface area contributed by atoms with E-state index in [1.54, 1.807) is 29.2 Å². The molecule has 2 heterocycles. The number of aliphatic hydroxyl groups is 1. The van der Waals surface area contributed by atoms with Crippen LogP contribution in [0.2, 0.25) is 0 Å². The zero-order valence-electron chi connectivity index (χ0n) is 16.9. The molecule has 1 aromatic carbocycles. The third kappa shape index (κ3) is 4.52. The highest BCUT2D eigenvalue weighted by atomic mass is 32.1. The number of thiophene rings is 1. The predicted molar refractivity (Wildman–Crippen MR) is 114 cm³/mol. The maximum absolute atomic E-state index is 12.8. The normalized spacial score (nSPS) is 18.6. The Labute approximate surface area is 175 Å². The molecular formula is C22H26N2O4S. The number of nitrogens with zero attached hydrogens (tertiary/aromatic N) is 2. The van der Waals surface area contributed by atoms with Gasteiger partial charge in [-0.05, 0) is 56.2 Å². The second-order valence-corrected chi connectivity index (χ2v) is 8.16. The summed E-state index contributed by atoms with van der Waals surface area (Å²) in [6.07, 6.45) is 0.902. The Kier molecular flexibility index (Phi) is 6.71. The maximum Gasteiger partial charge on any atom is 0.295 e. The Hall–Kier alpha value is -2.64. The van der Waals surface area contributed by atoms with Gasteiger partial charge < -0.3 is 19.6 Å². The van der Waals surface area contributed by atoms with Gasteiger partial charge in [0.15, 0.2) is 0 Å². The van der Waals surface area contributed by atoms with Crippen LogP contribution in [0.3, 0.4) is 0 Å². The lowest BCUT2D eigenvalue weighted by Crippen LogP contribution is -2.35. The zero-order valence-corrected chi connectivity index (χ0v) is 17.7. The SMILES string of the molecule is CCCOc1ccc(/C(O)=C2/C(=O)C(=O)N(CCN(C)C)C2c2cccs2)cc1. The number of ketones is 1. The van der Waals surface area contributed by atoms with Gasteiger partial charge in [0.2, 0.25) is 0 Å². The first-order valence-electron chi connectivity index (χ1n) is 9.63. The Morgan fingerprint density at radius 2 is 1.93 bits per heavy atom. The first-order chi connectivity index (χ1) is 13.9. The van der Waals surface area contributed by atoms with Gasteiger partial charge in [0.25, 0.3) is 11.7 Å². The molecule has 1 unspecified atom stereocenters. The minimum Gasteiger partial charge on any atom is -0.507 e. The summed E-state index contributed by atoms with van der Waals surface area (Å²) < 4.78 is 5.58. The fourth-order valence-electron chi connectivity index (χ4n) is 3.25. The Morgan fingerprint density at radius 3 is 2.52 bits per heavy atom. The molecule has 7 heteroatoms. The monoisotopic (exact) mass is 414 g/mol. The average molecular weight is 415 g/mol. The van der Waals surface area contributed by atoms with E-state index in [4.69, 9.17) is 4.74 Å². The summed E-state index contributed by atoms with van der Waals surface area (Å²) in [5, 5.41) is 12.9. The molecule has 0 spiro atoms. The average Bonchev–Trinajstić information content (AvgIpc) is 3.32. The lowest BCUT2D eigenvalue weighted by molar-refractivity contribution is -0.140. The second kappa shape index (κ2) is 9.24. The van der Waals surface area contributed by atoms with E-state index in [1.165, 1.54) is 11.3 Å². The van der Waals surface area contributed by atoms with Crippen LogP contribution in [0.1, 0.15) is 29.8 Å². The number of carbonyl (C=O) groups is 2. The van der Waals surface area contributed by atoms with Gasteiger partial charge in [0, 0.05) is 23.5 Å². The minimum atomic E-state index is -0.647. The van der Waals surface area contributed by atoms with E-state index in [2.05, 4.69) is 0 Å². The number of hydrogen-bond donors (Lipinski definition) is 1. The predicted octanol–water partition coefficient (Wildman–Crippen LogP) is 3.52. The van der Waals surface area contributed by atoms with Gasteiger partial charge in [-0.25, -0.2) is 0 Å². The molecule has 29 heavy (non-hydrogen) atoms. The van der Waals surface area contributed by atoms with Crippen LogP contribution in [-0.4, -0.2) is 60.4 Å². The lowest BCUT2D eigenvalue weighted by atomic mass is 10.00. The van der Waals surface area contributed by atoms with Crippen molar-refractivity contribution in [3.63, 3.8) is 0 Å². The molecule has 0 saturated carbocycles. The number of rotatable bonds is 8. The van der Waals surface area contributed by atoms with Crippen LogP contribution in [0, 0.1) is 0 Å². The fourth-order valence-corrected chi connectivity index (χ4v) is 4.09. The number of likely N-dealkylation sites (N-methyl/N-ethyl adjacent to an activating group) is 1. The number of aliphatic hydroxyl groups excluding tert-OH is 1. The van der Waals surface area contributed by atoms with Crippen molar-refractivity contribution in [3.05, 3.63) is 57.8 Å². The molecule has 0 aliphatic carbocycles. The van der Waals surface area contributed by atoms with Gasteiger partial charge in [0.05, 0.1) is 18.2 Å². The second-order valence-electron chi connectivity index (χ2n) is 7.18. The van der Waals surface area contributed by atoms with E-state index in [-0.39, 0.29) is 11.3 Å². The van der Waals surface area contributed by atoms with Crippen LogP contribution in [0.25, 0.3) is 5.76 Å². The first-order valence-corrected chi connectivity index (χ1v) is 10.5. The summed E-state index contributed by atoms with van der Waals surface area (Å²) >= 11 is 1.47. The van der Waals surface area contributed by atoms with Gasteiger partial charge >= 0.3 is 0 Å². The Bertz CT molecular complexity index is 888. The molecule has 1 amide bonds. The number of benzene rings is 1. The fraction of sp³-hybridized carbons (Fsp3) is 0.364. The molecule has 1 fully saturated rings. The molecule has 2 aromatic rings. The van der Waals surface area contributed by atoms with Crippen LogP contribution in [0.4, 0.5) is 0 Å². The molecule has 6 nitrogen and oxygen atoms in total. The Morgan fingerprint density at radius 1 is 1.21 bits per heavy atom. The largest absolute Gasteiger partial charge is 0.507 e. The van der Waals surface area contributed by atoms with Gasteiger partial charge in [-0.15, -0.1) is 11.3 Å². The summed E-state index contributed by atoms with van der Waals surface area (Å²) in [5.74, 6) is -0.679. The topological polar surface area (TPSA) is 70.1 Å². The van der Waals surface area contributed by atoms with Crippen molar-refractivity contribution < 1.29 is 19.4 Å². The third-order valence-corrected chi connectivity index (χ3v) is 5.67. The Balaban J connectivity index is 1.99. The van der Waals surface area contributed by atoms with Gasteiger partial charge in [-0.2, -0.15) is 0 Å². The van der Waals surface area contributed by atoms with Crippen molar-refractivity contribution in [2.75, 3.05) is 33.8 Å². The van der Waals surface area contributed by atoms with E-state index < -0.39 is 17.7 Å². The molecule has 1 N–H and O–H groups in total. The molecule has 3 rings (SSSR count). The molecule has 1 aliphatic rings. The molecule has 1 aliphatic heterocycles. The zero-order chi connectivity index (χ0) is 21.0. The highest BCUT2D eigenvalue weighted by molar-refractivity contribution is 7.10. The number of amides is 1. The number of Topliss-reactive ketones (excluding diaryl/α,β-unsaturated/α-hetero) is 1. The highest BCUT2D eigenvalue weighted by Crippen LogP contribution is 2.41. The summed E-state index contributed by atoms with van der Waals surface area (Å²) in [5.41, 5.74) is 0.624. The van der Waals surface area contributed by atoms with Crippen LogP contribution in [0.15, 0.2) is 47.4 Å². The molecule has 0 bridgehead atoms. The van der Waals surface area contributed by atoms with Crippen LogP contribution >= 0.6 is 11.3 Å². The summed E-state index contributed by atoms with van der Waals surface area (Å²) in [4.78, 5) is 30.0. The van der Waals surface area contributed by atoms with Gasteiger partial charge in [0.1, 0.15) is 11.5 Å². The number of likely N-dealkylation sites (tertiary alicyclic amines) is 1. The molecule has 154 valence electrons. The maximum atomic E-state index is 12.8. The van der Waals surface area contributed by atoms with Crippen molar-refractivity contribution in [2.24, 2.45) is 0 Å².